The first-order valence-electron chi connectivity index (χ1n) is 6.99. The Hall–Kier alpha value is -1.51. The van der Waals surface area contributed by atoms with Crippen molar-refractivity contribution in [3.8, 4) is 5.75 Å². The monoisotopic (exact) mass is 264 g/mol. The van der Waals surface area contributed by atoms with Crippen molar-refractivity contribution < 1.29 is 14.6 Å². The molecule has 0 aliphatic heterocycles. The first-order chi connectivity index (χ1) is 9.02. The molecule has 1 aromatic rings. The number of ether oxygens (including phenoxy) is 1. The van der Waals surface area contributed by atoms with Crippen LogP contribution < -0.4 is 4.74 Å². The van der Waals surface area contributed by atoms with Gasteiger partial charge in [-0.25, -0.2) is 4.79 Å². The Morgan fingerprint density at radius 3 is 2.68 bits per heavy atom. The zero-order valence-corrected chi connectivity index (χ0v) is 12.1. The maximum atomic E-state index is 10.8. The van der Waals surface area contributed by atoms with E-state index in [0.29, 0.717) is 24.2 Å². The average molecular weight is 264 g/mol. The summed E-state index contributed by atoms with van der Waals surface area (Å²) in [6, 6.07) is 6.66. The number of benzene rings is 1. The highest BCUT2D eigenvalue weighted by Crippen LogP contribution is 2.20. The van der Waals surface area contributed by atoms with Crippen molar-refractivity contribution in [1.29, 1.82) is 0 Å². The normalized spacial score (nSPS) is 12.4. The molecule has 0 heterocycles. The minimum absolute atomic E-state index is 0.270. The van der Waals surface area contributed by atoms with Crippen LogP contribution in [0.1, 0.15) is 50.4 Å². The molecule has 19 heavy (non-hydrogen) atoms. The Labute approximate surface area is 115 Å². The number of hydrogen-bond acceptors (Lipinski definition) is 2. The van der Waals surface area contributed by atoms with E-state index >= 15 is 0 Å². The molecule has 106 valence electrons. The van der Waals surface area contributed by atoms with Crippen LogP contribution >= 0.6 is 0 Å². The molecule has 1 unspecified atom stereocenters. The minimum atomic E-state index is -0.920. The summed E-state index contributed by atoms with van der Waals surface area (Å²) in [5.41, 5.74) is 0.270. The topological polar surface area (TPSA) is 46.5 Å². The standard InChI is InChI=1S/C16H24O3/c1-4-13(10-12(2)3)8-9-19-15-7-5-6-14(11-15)16(17)18/h5-7,11-13H,4,8-10H2,1-3H3,(H,17,18). The van der Waals surface area contributed by atoms with E-state index in [4.69, 9.17) is 9.84 Å². The van der Waals surface area contributed by atoms with Crippen LogP contribution in [0.4, 0.5) is 0 Å². The maximum absolute atomic E-state index is 10.8. The Balaban J connectivity index is 2.44. The molecule has 0 aromatic heterocycles. The summed E-state index contributed by atoms with van der Waals surface area (Å²) in [5.74, 6) is 1.11. The van der Waals surface area contributed by atoms with Crippen LogP contribution in [-0.2, 0) is 0 Å². The van der Waals surface area contributed by atoms with Crippen LogP contribution in [0.2, 0.25) is 0 Å². The molecule has 3 nitrogen and oxygen atoms in total. The van der Waals surface area contributed by atoms with Crippen molar-refractivity contribution in [2.24, 2.45) is 11.8 Å². The predicted molar refractivity (Wildman–Crippen MR) is 76.7 cm³/mol. The van der Waals surface area contributed by atoms with E-state index in [9.17, 15) is 4.79 Å². The maximum Gasteiger partial charge on any atom is 0.335 e. The van der Waals surface area contributed by atoms with E-state index in [0.717, 1.165) is 12.8 Å². The summed E-state index contributed by atoms with van der Waals surface area (Å²) in [7, 11) is 0. The molecular formula is C16H24O3. The van der Waals surface area contributed by atoms with Gasteiger partial charge >= 0.3 is 5.97 Å². The van der Waals surface area contributed by atoms with Gasteiger partial charge in [-0.1, -0.05) is 33.3 Å². The number of aromatic carboxylic acids is 1. The fourth-order valence-electron chi connectivity index (χ4n) is 2.22. The third-order valence-corrected chi connectivity index (χ3v) is 3.26. The lowest BCUT2D eigenvalue weighted by atomic mass is 9.92. The molecule has 1 N–H and O–H groups in total. The largest absolute Gasteiger partial charge is 0.494 e. The fraction of sp³-hybridized carbons (Fsp3) is 0.562. The molecule has 1 aromatic carbocycles. The number of carboxylic acid groups (broad SMARTS) is 1. The minimum Gasteiger partial charge on any atom is -0.494 e. The summed E-state index contributed by atoms with van der Waals surface area (Å²) in [4.78, 5) is 10.8. The Morgan fingerprint density at radius 2 is 2.11 bits per heavy atom. The van der Waals surface area contributed by atoms with Crippen molar-refractivity contribution in [2.75, 3.05) is 6.61 Å². The van der Waals surface area contributed by atoms with Gasteiger partial charge in [-0.3, -0.25) is 0 Å². The molecule has 0 aliphatic carbocycles. The van der Waals surface area contributed by atoms with Gasteiger partial charge in [0, 0.05) is 0 Å². The van der Waals surface area contributed by atoms with Gasteiger partial charge in [0.25, 0.3) is 0 Å². The molecule has 0 saturated carbocycles. The molecule has 0 spiro atoms. The fourth-order valence-corrected chi connectivity index (χ4v) is 2.22. The molecular weight excluding hydrogens is 240 g/mol. The highest BCUT2D eigenvalue weighted by molar-refractivity contribution is 5.87. The number of hydrogen-bond donors (Lipinski definition) is 1. The second-order valence-corrected chi connectivity index (χ2v) is 5.37. The molecule has 0 aliphatic rings. The quantitative estimate of drug-likeness (QED) is 0.764. The van der Waals surface area contributed by atoms with E-state index in [1.807, 2.05) is 0 Å². The van der Waals surface area contributed by atoms with Crippen LogP contribution in [0.5, 0.6) is 5.75 Å². The summed E-state index contributed by atoms with van der Waals surface area (Å²) in [5, 5.41) is 8.90. The number of carboxylic acids is 1. The lowest BCUT2D eigenvalue weighted by Gasteiger charge is -2.17. The highest BCUT2D eigenvalue weighted by atomic mass is 16.5. The van der Waals surface area contributed by atoms with Crippen LogP contribution in [0.25, 0.3) is 0 Å². The van der Waals surface area contributed by atoms with Crippen molar-refractivity contribution in [1.82, 2.24) is 0 Å². The molecule has 0 amide bonds. The van der Waals surface area contributed by atoms with Gasteiger partial charge < -0.3 is 9.84 Å². The Morgan fingerprint density at radius 1 is 1.37 bits per heavy atom. The van der Waals surface area contributed by atoms with Gasteiger partial charge in [-0.05, 0) is 42.9 Å². The third kappa shape index (κ3) is 5.77. The molecule has 3 heteroatoms. The lowest BCUT2D eigenvalue weighted by molar-refractivity contribution is 0.0696. The molecule has 0 radical (unpaired) electrons. The van der Waals surface area contributed by atoms with Crippen molar-refractivity contribution >= 4 is 5.97 Å². The van der Waals surface area contributed by atoms with Crippen LogP contribution in [0.15, 0.2) is 24.3 Å². The van der Waals surface area contributed by atoms with E-state index in [1.165, 1.54) is 6.42 Å². The molecule has 1 rings (SSSR count). The van der Waals surface area contributed by atoms with Crippen LogP contribution in [0.3, 0.4) is 0 Å². The van der Waals surface area contributed by atoms with Gasteiger partial charge in [-0.15, -0.1) is 0 Å². The highest BCUT2D eigenvalue weighted by Gasteiger charge is 2.09. The van der Waals surface area contributed by atoms with Crippen molar-refractivity contribution in [3.05, 3.63) is 29.8 Å². The zero-order valence-electron chi connectivity index (χ0n) is 12.1. The molecule has 0 saturated heterocycles. The Kier molecular flexibility index (Phi) is 6.40. The summed E-state index contributed by atoms with van der Waals surface area (Å²) in [6.07, 6.45) is 3.40. The predicted octanol–water partition coefficient (Wildman–Crippen LogP) is 4.23. The smallest absolute Gasteiger partial charge is 0.335 e. The SMILES string of the molecule is CCC(CCOc1cccc(C(=O)O)c1)CC(C)C. The van der Waals surface area contributed by atoms with E-state index < -0.39 is 5.97 Å². The first-order valence-corrected chi connectivity index (χ1v) is 6.99. The van der Waals surface area contributed by atoms with Crippen LogP contribution in [-0.4, -0.2) is 17.7 Å². The van der Waals surface area contributed by atoms with Gasteiger partial charge in [0.15, 0.2) is 0 Å². The van der Waals surface area contributed by atoms with Crippen molar-refractivity contribution in [3.63, 3.8) is 0 Å². The van der Waals surface area contributed by atoms with E-state index in [1.54, 1.807) is 24.3 Å². The molecule has 1 atom stereocenters. The summed E-state index contributed by atoms with van der Waals surface area (Å²) < 4.78 is 5.65. The zero-order chi connectivity index (χ0) is 14.3. The van der Waals surface area contributed by atoms with Gasteiger partial charge in [0.2, 0.25) is 0 Å². The second kappa shape index (κ2) is 7.82. The Bertz CT molecular complexity index is 399. The lowest BCUT2D eigenvalue weighted by Crippen LogP contribution is -2.09. The van der Waals surface area contributed by atoms with E-state index in [-0.39, 0.29) is 5.56 Å². The van der Waals surface area contributed by atoms with Gasteiger partial charge in [-0.2, -0.15) is 0 Å². The van der Waals surface area contributed by atoms with E-state index in [2.05, 4.69) is 20.8 Å². The third-order valence-electron chi connectivity index (χ3n) is 3.26. The van der Waals surface area contributed by atoms with Crippen molar-refractivity contribution in [2.45, 2.75) is 40.0 Å². The summed E-state index contributed by atoms with van der Waals surface area (Å²) in [6.45, 7) is 7.33. The number of carbonyl (C=O) groups is 1. The molecule has 0 bridgehead atoms. The second-order valence-electron chi connectivity index (χ2n) is 5.37. The summed E-state index contributed by atoms with van der Waals surface area (Å²) >= 11 is 0. The first kappa shape index (κ1) is 15.5. The van der Waals surface area contributed by atoms with Gasteiger partial charge in [0.1, 0.15) is 5.75 Å². The van der Waals surface area contributed by atoms with Crippen LogP contribution in [0, 0.1) is 11.8 Å². The molecule has 0 fully saturated rings. The van der Waals surface area contributed by atoms with Gasteiger partial charge in [0.05, 0.1) is 12.2 Å². The number of rotatable bonds is 8. The average Bonchev–Trinajstić information content (AvgIpc) is 2.37.